The number of esters is 4. The van der Waals surface area contributed by atoms with E-state index in [0.29, 0.717) is 58.2 Å². The van der Waals surface area contributed by atoms with Crippen LogP contribution in [0.2, 0.25) is 0 Å². The molecule has 2 aromatic heterocycles. The minimum atomic E-state index is -4.52. The van der Waals surface area contributed by atoms with Crippen LogP contribution in [-0.4, -0.2) is 120 Å². The molecule has 1 aromatic carbocycles. The van der Waals surface area contributed by atoms with Crippen molar-refractivity contribution in [2.75, 3.05) is 31.5 Å². The largest absolute Gasteiger partial charge is 0.451 e. The third-order valence-corrected chi connectivity index (χ3v) is 12.0. The van der Waals surface area contributed by atoms with Crippen LogP contribution in [0, 0.1) is 13.8 Å². The summed E-state index contributed by atoms with van der Waals surface area (Å²) in [5, 5.41) is 12.9. The smallest absolute Gasteiger partial charge is 0.347 e. The summed E-state index contributed by atoms with van der Waals surface area (Å²) in [5.41, 5.74) is 3.45. The van der Waals surface area contributed by atoms with E-state index in [1.54, 1.807) is 30.7 Å². The molecule has 1 aliphatic heterocycles. The molecule has 0 bridgehead atoms. The summed E-state index contributed by atoms with van der Waals surface area (Å²) in [7, 11) is -4.52. The lowest BCUT2D eigenvalue weighted by atomic mass is 10.0. The van der Waals surface area contributed by atoms with Gasteiger partial charge in [0, 0.05) is 35.7 Å². The van der Waals surface area contributed by atoms with Gasteiger partial charge in [0.15, 0.2) is 18.3 Å². The van der Waals surface area contributed by atoms with Gasteiger partial charge in [-0.25, -0.2) is 14.3 Å². The van der Waals surface area contributed by atoms with Gasteiger partial charge in [0.25, 0.3) is 32.1 Å². The zero-order chi connectivity index (χ0) is 46.8. The van der Waals surface area contributed by atoms with Crippen LogP contribution in [0.1, 0.15) is 92.3 Å². The number of anilines is 1. The number of benzene rings is 1. The van der Waals surface area contributed by atoms with Gasteiger partial charge in [0.1, 0.15) is 16.5 Å². The Hall–Kier alpha value is -6.33. The van der Waals surface area contributed by atoms with Crippen molar-refractivity contribution in [2.24, 2.45) is 0 Å². The topological polar surface area (TPSA) is 289 Å². The molecule has 0 spiro atoms. The van der Waals surface area contributed by atoms with Crippen LogP contribution in [0.4, 0.5) is 5.69 Å². The van der Waals surface area contributed by atoms with Gasteiger partial charge in [0.05, 0.1) is 30.4 Å². The van der Waals surface area contributed by atoms with E-state index in [1.807, 2.05) is 0 Å². The Morgan fingerprint density at radius 3 is 2.19 bits per heavy atom. The Morgan fingerprint density at radius 1 is 0.905 bits per heavy atom. The van der Waals surface area contributed by atoms with Crippen LogP contribution in [0.15, 0.2) is 22.5 Å². The molecular formula is C40H49N7O14S2. The van der Waals surface area contributed by atoms with E-state index in [0.717, 1.165) is 33.9 Å². The first-order valence-corrected chi connectivity index (χ1v) is 22.0. The number of nitrogens with zero attached hydrogens (tertiary/aromatic N) is 3. The number of carbonyl (C=O) groups excluding carboxylic acids is 8. The summed E-state index contributed by atoms with van der Waals surface area (Å²) >= 11 is 0.574. The molecule has 23 heteroatoms. The highest BCUT2D eigenvalue weighted by Crippen LogP contribution is 2.36. The maximum absolute atomic E-state index is 13.1. The van der Waals surface area contributed by atoms with Crippen molar-refractivity contribution in [1.29, 1.82) is 0 Å². The van der Waals surface area contributed by atoms with E-state index in [4.69, 9.17) is 18.9 Å². The lowest BCUT2D eigenvalue weighted by Crippen LogP contribution is -2.41. The maximum Gasteiger partial charge on any atom is 0.347 e. The molecule has 3 aromatic rings. The number of aryl methyl sites for hydroxylation is 1. The number of likely N-dealkylation sites (N-methyl/N-ethyl adjacent to an activating group) is 1. The zero-order valence-electron chi connectivity index (χ0n) is 35.9. The molecule has 4 N–H and O–H groups in total. The van der Waals surface area contributed by atoms with E-state index in [-0.39, 0.29) is 34.4 Å². The number of carbonyl (C=O) groups is 8. The number of aromatic nitrogens is 3. The second-order valence-corrected chi connectivity index (χ2v) is 17.2. The number of fused-ring (bicyclic) bond motifs is 1. The molecule has 21 nitrogen and oxygen atoms in total. The number of ether oxygens (including phenoxy) is 4. The Kier molecular flexibility index (Phi) is 16.9. The number of nitrogens with one attached hydrogen (secondary N) is 4. The molecule has 1 aliphatic rings. The van der Waals surface area contributed by atoms with Gasteiger partial charge in [0.2, 0.25) is 0 Å². The van der Waals surface area contributed by atoms with Gasteiger partial charge in [-0.3, -0.25) is 28.8 Å². The lowest BCUT2D eigenvalue weighted by molar-refractivity contribution is -0.179. The van der Waals surface area contributed by atoms with Crippen molar-refractivity contribution in [2.45, 2.75) is 97.3 Å². The fraction of sp³-hybridized carbons (Fsp3) is 0.450. The summed E-state index contributed by atoms with van der Waals surface area (Å²) in [5.74, 6) is -6.33. The second-order valence-electron chi connectivity index (χ2n) is 14.2. The molecule has 4 rings (SSSR count). The van der Waals surface area contributed by atoms with Gasteiger partial charge in [-0.15, -0.1) is 10.2 Å². The number of ketones is 1. The summed E-state index contributed by atoms with van der Waals surface area (Å²) in [4.78, 5) is 105. The van der Waals surface area contributed by atoms with Crippen molar-refractivity contribution >= 4 is 86.1 Å². The van der Waals surface area contributed by atoms with Crippen LogP contribution in [0.5, 0.6) is 5.75 Å². The molecular weight excluding hydrogens is 867 g/mol. The molecule has 0 aliphatic carbocycles. The van der Waals surface area contributed by atoms with E-state index in [1.165, 1.54) is 19.1 Å². The van der Waals surface area contributed by atoms with Crippen LogP contribution in [-0.2, 0) is 64.2 Å². The fourth-order valence-corrected chi connectivity index (χ4v) is 8.12. The molecule has 3 unspecified atom stereocenters. The highest BCUT2D eigenvalue weighted by molar-refractivity contribution is 7.92. The third-order valence-electron chi connectivity index (χ3n) is 9.38. The van der Waals surface area contributed by atoms with E-state index < -0.39 is 81.2 Å². The SMILES string of the molecule is CCN(CC)CCNC(=O)c1c(C)[nH]c(/C=C2\C(=O)Nc3ccc(OC(=O)CCC(=O)OC(C)C(=O)OC(C)C(=O)OC(C)C(=O)NS(=O)(=O)c4nnc(CC(C)=O)s4)cc32)c1C. The molecule has 0 saturated carbocycles. The molecule has 3 heterocycles. The average molecular weight is 916 g/mol. The number of H-pyrrole nitrogens is 1. The first-order valence-electron chi connectivity index (χ1n) is 19.7. The Balaban J connectivity index is 1.25. The minimum absolute atomic E-state index is 0.0741. The quantitative estimate of drug-likeness (QED) is 0.0515. The summed E-state index contributed by atoms with van der Waals surface area (Å²) < 4.78 is 46.5. The normalized spacial score (nSPS) is 14.2. The van der Waals surface area contributed by atoms with Gasteiger partial charge in [-0.05, 0) is 84.5 Å². The maximum atomic E-state index is 13.1. The van der Waals surface area contributed by atoms with Crippen LogP contribution in [0.3, 0.4) is 0 Å². The number of hydrogen-bond donors (Lipinski definition) is 4. The molecule has 3 atom stereocenters. The van der Waals surface area contributed by atoms with Crippen molar-refractivity contribution < 1.29 is 65.7 Å². The molecule has 0 radical (unpaired) electrons. The first kappa shape index (κ1) is 49.3. The van der Waals surface area contributed by atoms with Crippen molar-refractivity contribution in [3.8, 4) is 5.75 Å². The number of hydrogen-bond acceptors (Lipinski definition) is 18. The predicted molar refractivity (Wildman–Crippen MR) is 224 cm³/mol. The highest BCUT2D eigenvalue weighted by Gasteiger charge is 2.32. The van der Waals surface area contributed by atoms with Crippen LogP contribution < -0.4 is 20.1 Å². The number of amides is 3. The Morgan fingerprint density at radius 2 is 1.54 bits per heavy atom. The van der Waals surface area contributed by atoms with Gasteiger partial charge >= 0.3 is 23.9 Å². The van der Waals surface area contributed by atoms with E-state index in [2.05, 4.69) is 44.6 Å². The summed E-state index contributed by atoms with van der Waals surface area (Å²) in [6.07, 6.45) is -4.36. The van der Waals surface area contributed by atoms with Crippen molar-refractivity contribution in [3.05, 3.63) is 51.3 Å². The Labute approximate surface area is 366 Å². The number of Topliss-reactive ketones (excluding diaryl/α,β-unsaturated/α-hetero) is 1. The predicted octanol–water partition coefficient (Wildman–Crippen LogP) is 2.16. The standard InChI is InChI=1S/C40H49N7O14S2/c1-9-47(10-2)16-15-41-37(53)34-21(4)30(42-22(34)5)19-28-27-18-26(11-12-29(27)43-36(28)52)61-33(50)14-13-32(49)58-24(7)38(54)60-25(8)39(55)59-23(6)35(51)46-63(56,57)40-45-44-31(62-40)17-20(3)48/h11-12,18-19,23-25,42H,9-10,13-17H2,1-8H3,(H,41,53)(H,43,52)(H,46,51)/b28-19-. The van der Waals surface area contributed by atoms with Gasteiger partial charge in [-0.1, -0.05) is 25.2 Å². The van der Waals surface area contributed by atoms with Gasteiger partial charge < -0.3 is 39.5 Å². The molecule has 0 saturated heterocycles. The zero-order valence-corrected chi connectivity index (χ0v) is 37.5. The van der Waals surface area contributed by atoms with E-state index >= 15 is 0 Å². The third kappa shape index (κ3) is 13.3. The monoisotopic (exact) mass is 915 g/mol. The minimum Gasteiger partial charge on any atom is -0.451 e. The summed E-state index contributed by atoms with van der Waals surface area (Å²) in [6.45, 7) is 15.1. The molecule has 0 fully saturated rings. The summed E-state index contributed by atoms with van der Waals surface area (Å²) in [6, 6.07) is 4.48. The molecule has 3 amide bonds. The number of sulfonamides is 1. The molecule has 63 heavy (non-hydrogen) atoms. The van der Waals surface area contributed by atoms with E-state index in [9.17, 15) is 46.8 Å². The van der Waals surface area contributed by atoms with Crippen LogP contribution >= 0.6 is 11.3 Å². The number of aromatic amines is 1. The molecule has 340 valence electrons. The van der Waals surface area contributed by atoms with Crippen molar-refractivity contribution in [3.63, 3.8) is 0 Å². The average Bonchev–Trinajstić information content (AvgIpc) is 3.89. The van der Waals surface area contributed by atoms with Gasteiger partial charge in [-0.2, -0.15) is 8.42 Å². The lowest BCUT2D eigenvalue weighted by Gasteiger charge is -2.18. The van der Waals surface area contributed by atoms with Crippen molar-refractivity contribution in [1.82, 2.24) is 30.1 Å². The second kappa shape index (κ2) is 21.6. The number of rotatable bonds is 21. The highest BCUT2D eigenvalue weighted by atomic mass is 32.2. The first-order chi connectivity index (χ1) is 29.6. The van der Waals surface area contributed by atoms with Crippen LogP contribution in [0.25, 0.3) is 11.6 Å². The Bertz CT molecular complexity index is 2420. The fourth-order valence-electron chi connectivity index (χ4n) is 5.96.